The van der Waals surface area contributed by atoms with Crippen LogP contribution in [0.25, 0.3) is 0 Å². The van der Waals surface area contributed by atoms with Crippen LogP contribution in [0, 0.1) is 46.3 Å². The van der Waals surface area contributed by atoms with Crippen LogP contribution in [-0.2, 0) is 14.3 Å². The van der Waals surface area contributed by atoms with E-state index in [1.165, 1.54) is 64.7 Å². The molecule has 0 saturated heterocycles. The number of Topliss-reactive ketones (excluding diaryl/α,β-unsaturated/α-hetero) is 1. The minimum Gasteiger partial charge on any atom is -0.458 e. The van der Waals surface area contributed by atoms with Crippen molar-refractivity contribution in [3.8, 4) is 0 Å². The van der Waals surface area contributed by atoms with Gasteiger partial charge in [0.05, 0.1) is 0 Å². The molecule has 0 aromatic heterocycles. The predicted octanol–water partition coefficient (Wildman–Crippen LogP) is 5.80. The highest BCUT2D eigenvalue weighted by Gasteiger charge is 2.61. The lowest BCUT2D eigenvalue weighted by molar-refractivity contribution is -0.151. The van der Waals surface area contributed by atoms with Crippen LogP contribution in [0.5, 0.6) is 0 Å². The van der Waals surface area contributed by atoms with Crippen molar-refractivity contribution in [2.24, 2.45) is 46.3 Å². The van der Waals surface area contributed by atoms with Gasteiger partial charge in [0, 0.05) is 12.8 Å². The van der Waals surface area contributed by atoms with Crippen LogP contribution in [0.4, 0.5) is 0 Å². The van der Waals surface area contributed by atoms with Gasteiger partial charge >= 0.3 is 5.97 Å². The van der Waals surface area contributed by atoms with Gasteiger partial charge in [0.25, 0.3) is 0 Å². The number of carbonyl (C=O) groups is 2. The molecule has 0 heterocycles. The summed E-state index contributed by atoms with van der Waals surface area (Å²) in [4.78, 5) is 24.0. The van der Waals surface area contributed by atoms with Crippen LogP contribution in [0.1, 0.15) is 91.9 Å². The minimum atomic E-state index is -0.341. The number of carbonyl (C=O) groups excluding carboxylic acids is 2. The fourth-order valence-electron chi connectivity index (χ4n) is 8.78. The van der Waals surface area contributed by atoms with E-state index < -0.39 is 0 Å². The topological polar surface area (TPSA) is 43.4 Å². The SMILES string of the molecule is CC[C@]12CC[C@@H](C)C[C@@H]1CC[C@H]1[C@@H]3CC[C@H](C(=O)COC(C)=O)[C@@]3(C)CC[C@@H]12. The zero-order chi connectivity index (χ0) is 20.1. The summed E-state index contributed by atoms with van der Waals surface area (Å²) in [6.45, 7) is 8.69. The third-order valence-corrected chi connectivity index (χ3v) is 10.1. The number of ketones is 1. The lowest BCUT2D eigenvalue weighted by atomic mass is 9.43. The lowest BCUT2D eigenvalue weighted by Crippen LogP contribution is -2.54. The Bertz CT molecular complexity index is 627. The van der Waals surface area contributed by atoms with Crippen molar-refractivity contribution in [1.82, 2.24) is 0 Å². The van der Waals surface area contributed by atoms with Gasteiger partial charge in [-0.05, 0) is 98.2 Å². The van der Waals surface area contributed by atoms with Crippen LogP contribution in [0.15, 0.2) is 0 Å². The van der Waals surface area contributed by atoms with Gasteiger partial charge < -0.3 is 4.74 Å². The fourth-order valence-corrected chi connectivity index (χ4v) is 8.78. The van der Waals surface area contributed by atoms with E-state index in [1.807, 2.05) is 0 Å². The summed E-state index contributed by atoms with van der Waals surface area (Å²) in [7, 11) is 0. The van der Waals surface area contributed by atoms with E-state index in [0.717, 1.165) is 30.1 Å². The quantitative estimate of drug-likeness (QED) is 0.571. The summed E-state index contributed by atoms with van der Waals surface area (Å²) in [6, 6.07) is 0. The van der Waals surface area contributed by atoms with Crippen molar-refractivity contribution in [2.75, 3.05) is 6.61 Å². The molecule has 8 atom stereocenters. The fraction of sp³-hybridized carbons (Fsp3) is 0.920. The molecule has 0 unspecified atom stereocenters. The average Bonchev–Trinajstić information content (AvgIpc) is 3.03. The summed E-state index contributed by atoms with van der Waals surface area (Å²) < 4.78 is 5.07. The molecule has 3 nitrogen and oxygen atoms in total. The van der Waals surface area contributed by atoms with E-state index >= 15 is 0 Å². The summed E-state index contributed by atoms with van der Waals surface area (Å²) in [5.74, 6) is 4.16. The first kappa shape index (κ1) is 20.4. The highest BCUT2D eigenvalue weighted by Crippen LogP contribution is 2.68. The molecule has 0 N–H and O–H groups in total. The summed E-state index contributed by atoms with van der Waals surface area (Å²) >= 11 is 0. The first-order valence-electron chi connectivity index (χ1n) is 12.0. The molecule has 4 fully saturated rings. The van der Waals surface area contributed by atoms with Crippen molar-refractivity contribution in [3.63, 3.8) is 0 Å². The Morgan fingerprint density at radius 2 is 1.79 bits per heavy atom. The van der Waals surface area contributed by atoms with Crippen molar-refractivity contribution >= 4 is 11.8 Å². The lowest BCUT2D eigenvalue weighted by Gasteiger charge is -2.62. The second-order valence-electron chi connectivity index (χ2n) is 11.0. The normalized spacial score (nSPS) is 47.6. The number of esters is 1. The molecule has 4 rings (SSSR count). The average molecular weight is 389 g/mol. The van der Waals surface area contributed by atoms with Gasteiger partial charge in [-0.2, -0.15) is 0 Å². The van der Waals surface area contributed by atoms with Crippen LogP contribution in [0.2, 0.25) is 0 Å². The van der Waals surface area contributed by atoms with Crippen molar-refractivity contribution in [3.05, 3.63) is 0 Å². The van der Waals surface area contributed by atoms with Crippen LogP contribution in [-0.4, -0.2) is 18.4 Å². The molecule has 158 valence electrons. The van der Waals surface area contributed by atoms with Gasteiger partial charge in [0.1, 0.15) is 6.61 Å². The van der Waals surface area contributed by atoms with E-state index in [9.17, 15) is 9.59 Å². The molecule has 0 radical (unpaired) electrons. The Kier molecular flexibility index (Phi) is 5.42. The predicted molar refractivity (Wildman–Crippen MR) is 111 cm³/mol. The second kappa shape index (κ2) is 7.43. The van der Waals surface area contributed by atoms with Gasteiger partial charge in [0.15, 0.2) is 5.78 Å². The molecule has 0 bridgehead atoms. The van der Waals surface area contributed by atoms with Gasteiger partial charge in [-0.15, -0.1) is 0 Å². The number of hydrogen-bond donors (Lipinski definition) is 0. The molecule has 4 aliphatic rings. The molecule has 0 spiro atoms. The standard InChI is InChI=1S/C25H40O3/c1-5-25-13-10-16(2)14-18(25)6-7-19-20-8-9-22(23(27)15-28-17(3)26)24(20,4)12-11-21(19)25/h16,18-22H,5-15H2,1-4H3/t16-,18+,19+,20+,21+,22-,24+,25+/m1/s1. The Morgan fingerprint density at radius 3 is 2.50 bits per heavy atom. The molecule has 4 saturated carbocycles. The first-order valence-corrected chi connectivity index (χ1v) is 12.0. The molecular weight excluding hydrogens is 348 g/mol. The maximum atomic E-state index is 12.9. The van der Waals surface area contributed by atoms with Gasteiger partial charge in [-0.1, -0.05) is 27.2 Å². The van der Waals surface area contributed by atoms with Crippen molar-refractivity contribution in [2.45, 2.75) is 91.9 Å². The summed E-state index contributed by atoms with van der Waals surface area (Å²) in [5.41, 5.74) is 0.707. The van der Waals surface area contributed by atoms with Gasteiger partial charge in [-0.3, -0.25) is 9.59 Å². The van der Waals surface area contributed by atoms with Gasteiger partial charge in [-0.25, -0.2) is 0 Å². The number of fused-ring (bicyclic) bond motifs is 5. The van der Waals surface area contributed by atoms with E-state index in [2.05, 4.69) is 20.8 Å². The van der Waals surface area contributed by atoms with Gasteiger partial charge in [0.2, 0.25) is 0 Å². The number of ether oxygens (including phenoxy) is 1. The molecular formula is C25H40O3. The third-order valence-electron chi connectivity index (χ3n) is 10.1. The highest BCUT2D eigenvalue weighted by molar-refractivity contribution is 5.85. The minimum absolute atomic E-state index is 0.0186. The molecule has 3 heteroatoms. The summed E-state index contributed by atoms with van der Waals surface area (Å²) in [5, 5.41) is 0. The molecule has 0 amide bonds. The van der Waals surface area contributed by atoms with E-state index in [0.29, 0.717) is 11.3 Å². The van der Waals surface area contributed by atoms with E-state index in [4.69, 9.17) is 4.74 Å². The Labute approximate surface area is 171 Å². The van der Waals surface area contributed by atoms with Crippen LogP contribution < -0.4 is 0 Å². The second-order valence-corrected chi connectivity index (χ2v) is 11.0. The highest BCUT2D eigenvalue weighted by atomic mass is 16.5. The van der Waals surface area contributed by atoms with Crippen molar-refractivity contribution < 1.29 is 14.3 Å². The molecule has 0 aromatic rings. The zero-order valence-corrected chi connectivity index (χ0v) is 18.5. The summed E-state index contributed by atoms with van der Waals surface area (Å²) in [6.07, 6.45) is 13.2. The first-order chi connectivity index (χ1) is 13.3. The monoisotopic (exact) mass is 388 g/mol. The van der Waals surface area contributed by atoms with E-state index in [-0.39, 0.29) is 29.7 Å². The zero-order valence-electron chi connectivity index (χ0n) is 18.5. The Balaban J connectivity index is 1.54. The maximum absolute atomic E-state index is 12.9. The molecule has 0 aliphatic heterocycles. The van der Waals surface area contributed by atoms with Crippen LogP contribution in [0.3, 0.4) is 0 Å². The third kappa shape index (κ3) is 3.06. The maximum Gasteiger partial charge on any atom is 0.303 e. The van der Waals surface area contributed by atoms with Crippen LogP contribution >= 0.6 is 0 Å². The molecule has 0 aromatic carbocycles. The van der Waals surface area contributed by atoms with E-state index in [1.54, 1.807) is 0 Å². The molecule has 4 aliphatic carbocycles. The Hall–Kier alpha value is -0.860. The number of hydrogen-bond acceptors (Lipinski definition) is 3. The Morgan fingerprint density at radius 1 is 1.00 bits per heavy atom. The molecule has 28 heavy (non-hydrogen) atoms. The van der Waals surface area contributed by atoms with Crippen molar-refractivity contribution in [1.29, 1.82) is 0 Å². The number of rotatable bonds is 4. The largest absolute Gasteiger partial charge is 0.458 e. The smallest absolute Gasteiger partial charge is 0.303 e.